The number of nitrogens with zero attached hydrogens (tertiary/aromatic N) is 3. The molecule has 0 fully saturated rings. The molecule has 0 radical (unpaired) electrons. The number of fused-ring (bicyclic) bond motifs is 3. The number of benzene rings is 1. The lowest BCUT2D eigenvalue weighted by atomic mass is 9.80. The van der Waals surface area contributed by atoms with Gasteiger partial charge in [-0.1, -0.05) is 32.0 Å². The zero-order chi connectivity index (χ0) is 19.7. The number of anilines is 1. The summed E-state index contributed by atoms with van der Waals surface area (Å²) in [7, 11) is 0. The zero-order valence-electron chi connectivity index (χ0n) is 17.9. The van der Waals surface area contributed by atoms with Gasteiger partial charge in [-0.25, -0.2) is 0 Å². The van der Waals surface area contributed by atoms with Crippen LogP contribution < -0.4 is 4.90 Å². The first-order chi connectivity index (χ1) is 12.5. The summed E-state index contributed by atoms with van der Waals surface area (Å²) in [5, 5.41) is 0. The fourth-order valence-corrected chi connectivity index (χ4v) is 4.04. The molecule has 1 aromatic carbocycles. The Labute approximate surface area is 148 Å². The van der Waals surface area contributed by atoms with E-state index in [2.05, 4.69) is 50.8 Å². The summed E-state index contributed by atoms with van der Waals surface area (Å²) >= 11 is 0. The highest BCUT2D eigenvalue weighted by atomic mass is 15.4. The van der Waals surface area contributed by atoms with E-state index in [1.54, 1.807) is 6.20 Å². The third-order valence-corrected chi connectivity index (χ3v) is 5.41. The Kier molecular flexibility index (Phi) is 2.45. The van der Waals surface area contributed by atoms with Crippen molar-refractivity contribution < 1.29 is 4.11 Å². The molecule has 1 atom stereocenters. The van der Waals surface area contributed by atoms with Gasteiger partial charge in [0.05, 0.1) is 11.4 Å². The van der Waals surface area contributed by atoms with Crippen LogP contribution in [0.1, 0.15) is 47.1 Å². The minimum atomic E-state index is -2.16. The summed E-state index contributed by atoms with van der Waals surface area (Å²) in [6.07, 6.45) is 5.20. The first-order valence-electron chi connectivity index (χ1n) is 9.90. The van der Waals surface area contributed by atoms with Crippen molar-refractivity contribution in [1.82, 2.24) is 9.88 Å². The molecule has 0 spiro atoms. The average molecular weight is 322 g/mol. The minimum absolute atomic E-state index is 0.202. The lowest BCUT2D eigenvalue weighted by molar-refractivity contribution is 0.382. The topological polar surface area (TPSA) is 19.4 Å². The van der Waals surface area contributed by atoms with E-state index < -0.39 is 6.98 Å². The van der Waals surface area contributed by atoms with Crippen LogP contribution in [0.4, 0.5) is 5.69 Å². The van der Waals surface area contributed by atoms with Gasteiger partial charge >= 0.3 is 0 Å². The van der Waals surface area contributed by atoms with Gasteiger partial charge in [0.2, 0.25) is 0 Å². The van der Waals surface area contributed by atoms with Crippen molar-refractivity contribution in [1.29, 1.82) is 0 Å². The van der Waals surface area contributed by atoms with Gasteiger partial charge in [0.15, 0.2) is 0 Å². The predicted octanol–water partition coefficient (Wildman–Crippen LogP) is 4.57. The Morgan fingerprint density at radius 1 is 1.21 bits per heavy atom. The molecule has 24 heavy (non-hydrogen) atoms. The third-order valence-electron chi connectivity index (χ3n) is 5.41. The predicted molar refractivity (Wildman–Crippen MR) is 100 cm³/mol. The second-order valence-electron chi connectivity index (χ2n) is 7.43. The SMILES string of the molecule is [2H]C([2H])([2H])N1C=CN(c2c(C)ccc3c2C(C)(C)c2cc(C)cnc2-3)[C@H]1C. The molecule has 0 saturated carbocycles. The molecule has 0 N–H and O–H groups in total. The molecule has 2 aromatic rings. The summed E-state index contributed by atoms with van der Waals surface area (Å²) in [5.41, 5.74) is 7.79. The highest BCUT2D eigenvalue weighted by molar-refractivity contribution is 5.86. The molecule has 4 rings (SSSR count). The van der Waals surface area contributed by atoms with Crippen molar-refractivity contribution in [3.63, 3.8) is 0 Å². The second kappa shape index (κ2) is 4.85. The molecule has 1 aromatic heterocycles. The van der Waals surface area contributed by atoms with Crippen LogP contribution in [-0.2, 0) is 5.41 Å². The molecule has 3 heteroatoms. The maximum Gasteiger partial charge on any atom is 0.102 e. The Bertz CT molecular complexity index is 960. The smallest absolute Gasteiger partial charge is 0.102 e. The highest BCUT2D eigenvalue weighted by Crippen LogP contribution is 2.53. The fraction of sp³-hybridized carbons (Fsp3) is 0.381. The zero-order valence-corrected chi connectivity index (χ0v) is 14.9. The van der Waals surface area contributed by atoms with Crippen LogP contribution in [0.3, 0.4) is 0 Å². The molecule has 0 saturated heterocycles. The highest BCUT2D eigenvalue weighted by Gasteiger charge is 2.41. The number of aryl methyl sites for hydroxylation is 2. The summed E-state index contributed by atoms with van der Waals surface area (Å²) in [6.45, 7) is 8.39. The van der Waals surface area contributed by atoms with E-state index in [-0.39, 0.29) is 11.6 Å². The first-order valence-corrected chi connectivity index (χ1v) is 8.40. The summed E-state index contributed by atoms with van der Waals surface area (Å²) < 4.78 is 23.4. The van der Waals surface area contributed by atoms with E-state index in [0.29, 0.717) is 0 Å². The maximum absolute atomic E-state index is 7.80. The van der Waals surface area contributed by atoms with Crippen molar-refractivity contribution in [2.75, 3.05) is 11.9 Å². The van der Waals surface area contributed by atoms with Gasteiger partial charge in [0.25, 0.3) is 0 Å². The monoisotopic (exact) mass is 322 g/mol. The van der Waals surface area contributed by atoms with Crippen molar-refractivity contribution in [2.45, 2.75) is 46.2 Å². The molecular weight excluding hydrogens is 294 g/mol. The van der Waals surface area contributed by atoms with Crippen LogP contribution in [0.5, 0.6) is 0 Å². The van der Waals surface area contributed by atoms with Crippen LogP contribution in [0.25, 0.3) is 11.3 Å². The molecule has 3 nitrogen and oxygen atoms in total. The molecule has 1 aliphatic heterocycles. The summed E-state index contributed by atoms with van der Waals surface area (Å²) in [6, 6.07) is 6.48. The number of aromatic nitrogens is 1. The van der Waals surface area contributed by atoms with Gasteiger partial charge in [-0.05, 0) is 43.0 Å². The Morgan fingerprint density at radius 2 is 2.00 bits per heavy atom. The van der Waals surface area contributed by atoms with E-state index in [4.69, 9.17) is 9.10 Å². The molecule has 2 heterocycles. The van der Waals surface area contributed by atoms with Crippen LogP contribution >= 0.6 is 0 Å². The van der Waals surface area contributed by atoms with Gasteiger partial charge in [-0.3, -0.25) is 4.98 Å². The Hall–Kier alpha value is -2.29. The summed E-state index contributed by atoms with van der Waals surface area (Å²) in [5.74, 6) is 0. The lowest BCUT2D eigenvalue weighted by Gasteiger charge is -2.33. The van der Waals surface area contributed by atoms with Crippen molar-refractivity contribution in [2.24, 2.45) is 0 Å². The van der Waals surface area contributed by atoms with Gasteiger partial charge in [-0.2, -0.15) is 0 Å². The molecule has 1 aliphatic carbocycles. The first kappa shape index (κ1) is 12.1. The minimum Gasteiger partial charge on any atom is -0.359 e. The van der Waals surface area contributed by atoms with Crippen LogP contribution in [0.15, 0.2) is 36.8 Å². The van der Waals surface area contributed by atoms with Gasteiger partial charge in [0.1, 0.15) is 6.17 Å². The van der Waals surface area contributed by atoms with Gasteiger partial charge in [0, 0.05) is 40.7 Å². The molecule has 0 amide bonds. The van der Waals surface area contributed by atoms with E-state index in [0.717, 1.165) is 28.1 Å². The quantitative estimate of drug-likeness (QED) is 0.766. The van der Waals surface area contributed by atoms with Crippen LogP contribution in [-0.4, -0.2) is 23.0 Å². The maximum atomic E-state index is 7.80. The van der Waals surface area contributed by atoms with Crippen LogP contribution in [0, 0.1) is 13.8 Å². The molecule has 0 unspecified atom stereocenters. The molecule has 2 aliphatic rings. The molecular formula is C21H25N3. The van der Waals surface area contributed by atoms with Crippen molar-refractivity contribution in [3.05, 3.63) is 59.0 Å². The largest absolute Gasteiger partial charge is 0.359 e. The Morgan fingerprint density at radius 3 is 2.71 bits per heavy atom. The standard InChI is InChI=1S/C21H25N3/c1-13-11-17-19(22-12-13)16-8-7-14(2)20(18(16)21(17,4)5)24-10-9-23(6)15(24)3/h7-12,15H,1-6H3/t15-/m0/s1/i6D3. The average Bonchev–Trinajstić information content (AvgIpc) is 3.05. The summed E-state index contributed by atoms with van der Waals surface area (Å²) in [4.78, 5) is 8.25. The van der Waals surface area contributed by atoms with Gasteiger partial charge < -0.3 is 9.80 Å². The molecule has 0 bridgehead atoms. The Balaban J connectivity index is 1.91. The number of hydrogen-bond donors (Lipinski definition) is 0. The van der Waals surface area contributed by atoms with E-state index in [1.165, 1.54) is 16.0 Å². The number of rotatable bonds is 1. The lowest BCUT2D eigenvalue weighted by Crippen LogP contribution is -2.35. The van der Waals surface area contributed by atoms with E-state index >= 15 is 0 Å². The van der Waals surface area contributed by atoms with Crippen molar-refractivity contribution >= 4 is 5.69 Å². The fourth-order valence-electron chi connectivity index (χ4n) is 4.04. The van der Waals surface area contributed by atoms with E-state index in [9.17, 15) is 0 Å². The molecule has 124 valence electrons. The van der Waals surface area contributed by atoms with Crippen LogP contribution in [0.2, 0.25) is 0 Å². The number of hydrogen-bond acceptors (Lipinski definition) is 3. The van der Waals surface area contributed by atoms with E-state index in [1.807, 2.05) is 19.3 Å². The normalized spacial score (nSPS) is 22.9. The number of pyridine rings is 1. The second-order valence-corrected chi connectivity index (χ2v) is 7.43. The van der Waals surface area contributed by atoms with Gasteiger partial charge in [-0.15, -0.1) is 0 Å². The third kappa shape index (κ3) is 1.87. The van der Waals surface area contributed by atoms with Crippen molar-refractivity contribution in [3.8, 4) is 11.3 Å².